The second-order valence-electron chi connectivity index (χ2n) is 4.82. The van der Waals surface area contributed by atoms with Crippen LogP contribution in [0.4, 0.5) is 0 Å². The molecule has 0 aromatic heterocycles. The van der Waals surface area contributed by atoms with Crippen molar-refractivity contribution in [1.29, 1.82) is 0 Å². The Hall–Kier alpha value is 1.05. The molecule has 0 atom stereocenters. The van der Waals surface area contributed by atoms with Crippen molar-refractivity contribution in [1.82, 2.24) is 0 Å². The molecule has 0 spiro atoms. The van der Waals surface area contributed by atoms with Gasteiger partial charge in [0.1, 0.15) is 0 Å². The quantitative estimate of drug-likeness (QED) is 0.262. The molecule has 0 nitrogen and oxygen atoms in total. The van der Waals surface area contributed by atoms with E-state index in [0.29, 0.717) is 0 Å². The average molecular weight is 431 g/mol. The summed E-state index contributed by atoms with van der Waals surface area (Å²) in [6.07, 6.45) is 12.8. The van der Waals surface area contributed by atoms with Crippen LogP contribution in [0.3, 0.4) is 0 Å². The van der Waals surface area contributed by atoms with Crippen molar-refractivity contribution in [3.8, 4) is 0 Å². The van der Waals surface area contributed by atoms with E-state index in [-0.39, 0.29) is 20.9 Å². The van der Waals surface area contributed by atoms with Crippen LogP contribution in [0.15, 0.2) is 8.60 Å². The molecular formula is C16H32SeTe. The molecule has 0 aromatic rings. The summed E-state index contributed by atoms with van der Waals surface area (Å²) in [5.41, 5.74) is 0. The van der Waals surface area contributed by atoms with Gasteiger partial charge in [0, 0.05) is 0 Å². The minimum absolute atomic E-state index is 0.203. The van der Waals surface area contributed by atoms with Gasteiger partial charge in [0.05, 0.1) is 0 Å². The number of unbranched alkanes of at least 4 members (excludes halogenated alkanes) is 5. The summed E-state index contributed by atoms with van der Waals surface area (Å²) >= 11 is 1.02. The number of hydrogen-bond acceptors (Lipinski definition) is 0. The number of hydrogen-bond donors (Lipinski definition) is 0. The van der Waals surface area contributed by atoms with Gasteiger partial charge >= 0.3 is 133 Å². The second-order valence-corrected chi connectivity index (χ2v) is 10.4. The van der Waals surface area contributed by atoms with Gasteiger partial charge in [0.2, 0.25) is 0 Å². The van der Waals surface area contributed by atoms with Crippen molar-refractivity contribution in [2.75, 3.05) is 0 Å². The fourth-order valence-corrected chi connectivity index (χ4v) is 8.43. The third kappa shape index (κ3) is 13.5. The summed E-state index contributed by atoms with van der Waals surface area (Å²) in [4.78, 5) is 2.69. The minimum atomic E-state index is 0.203. The Labute approximate surface area is 132 Å². The average Bonchev–Trinajstić information content (AvgIpc) is 2.39. The zero-order valence-electron chi connectivity index (χ0n) is 12.7. The fraction of sp³-hybridized carbons (Fsp3) is 0.875. The Morgan fingerprint density at radius 1 is 0.889 bits per heavy atom. The molecule has 0 rings (SSSR count). The molecule has 0 unspecified atom stereocenters. The Bertz CT molecular complexity index is 190. The van der Waals surface area contributed by atoms with Gasteiger partial charge in [0.15, 0.2) is 0 Å². The van der Waals surface area contributed by atoms with Gasteiger partial charge in [-0.05, 0) is 0 Å². The predicted molar refractivity (Wildman–Crippen MR) is 87.8 cm³/mol. The van der Waals surface area contributed by atoms with Crippen LogP contribution in [0.25, 0.3) is 0 Å². The van der Waals surface area contributed by atoms with Gasteiger partial charge in [-0.2, -0.15) is 0 Å². The Morgan fingerprint density at radius 3 is 2.28 bits per heavy atom. The third-order valence-corrected chi connectivity index (χ3v) is 9.37. The van der Waals surface area contributed by atoms with Crippen molar-refractivity contribution in [2.45, 2.75) is 88.3 Å². The van der Waals surface area contributed by atoms with E-state index in [9.17, 15) is 0 Å². The van der Waals surface area contributed by atoms with Gasteiger partial charge < -0.3 is 0 Å². The van der Waals surface area contributed by atoms with E-state index in [0.717, 1.165) is 15.0 Å². The molecule has 0 saturated heterocycles. The van der Waals surface area contributed by atoms with Crippen LogP contribution in [0, 0.1) is 0 Å². The molecule has 0 fully saturated rings. The van der Waals surface area contributed by atoms with Gasteiger partial charge in [-0.15, -0.1) is 0 Å². The molecule has 0 N–H and O–H groups in total. The van der Waals surface area contributed by atoms with Crippen molar-refractivity contribution < 1.29 is 0 Å². The normalized spacial score (nSPS) is 12.1. The SMILES string of the molecule is CCCCCC/C(=C\[Se]CCCC)[Te]CCCC. The summed E-state index contributed by atoms with van der Waals surface area (Å²) in [6, 6.07) is 0. The molecule has 0 saturated carbocycles. The summed E-state index contributed by atoms with van der Waals surface area (Å²) < 4.78 is 3.46. The molecule has 0 bridgehead atoms. The molecule has 0 radical (unpaired) electrons. The fourth-order valence-electron chi connectivity index (χ4n) is 1.62. The van der Waals surface area contributed by atoms with E-state index in [4.69, 9.17) is 0 Å². The van der Waals surface area contributed by atoms with Gasteiger partial charge in [0.25, 0.3) is 0 Å². The van der Waals surface area contributed by atoms with Gasteiger partial charge in [-0.3, -0.25) is 0 Å². The van der Waals surface area contributed by atoms with Crippen LogP contribution < -0.4 is 0 Å². The summed E-state index contributed by atoms with van der Waals surface area (Å²) in [5, 5.41) is 1.47. The molecule has 0 aliphatic carbocycles. The molecule has 2 heteroatoms. The number of allylic oxidation sites excluding steroid dienone is 1. The first kappa shape index (κ1) is 19.0. The van der Waals surface area contributed by atoms with E-state index in [1.54, 1.807) is 4.47 Å². The molecule has 0 heterocycles. The van der Waals surface area contributed by atoms with Crippen molar-refractivity contribution in [2.24, 2.45) is 0 Å². The topological polar surface area (TPSA) is 0 Å². The van der Waals surface area contributed by atoms with Crippen LogP contribution in [-0.4, -0.2) is 35.9 Å². The van der Waals surface area contributed by atoms with Crippen molar-refractivity contribution >= 4 is 35.9 Å². The first-order chi connectivity index (χ1) is 8.85. The maximum atomic E-state index is 2.69. The molecule has 108 valence electrons. The first-order valence-corrected chi connectivity index (χ1v) is 12.8. The molecule has 0 aromatic carbocycles. The summed E-state index contributed by atoms with van der Waals surface area (Å²) in [6.45, 7) is 6.93. The van der Waals surface area contributed by atoms with Gasteiger partial charge in [-0.25, -0.2) is 0 Å². The van der Waals surface area contributed by atoms with E-state index in [1.165, 1.54) is 63.1 Å². The molecule has 0 amide bonds. The zero-order chi connectivity index (χ0) is 13.5. The Morgan fingerprint density at radius 2 is 1.61 bits per heavy atom. The van der Waals surface area contributed by atoms with Crippen molar-refractivity contribution in [3.63, 3.8) is 0 Å². The monoisotopic (exact) mass is 434 g/mol. The Kier molecular flexibility index (Phi) is 17.0. The van der Waals surface area contributed by atoms with E-state index in [1.807, 2.05) is 3.62 Å². The van der Waals surface area contributed by atoms with E-state index < -0.39 is 0 Å². The molecular weight excluding hydrogens is 399 g/mol. The Balaban J connectivity index is 3.82. The van der Waals surface area contributed by atoms with E-state index in [2.05, 4.69) is 25.7 Å². The summed E-state index contributed by atoms with van der Waals surface area (Å²) in [5.74, 6) is 0. The number of rotatable bonds is 13. The third-order valence-electron chi connectivity index (χ3n) is 2.89. The van der Waals surface area contributed by atoms with E-state index >= 15 is 0 Å². The summed E-state index contributed by atoms with van der Waals surface area (Å²) in [7, 11) is 0. The van der Waals surface area contributed by atoms with Crippen molar-refractivity contribution in [3.05, 3.63) is 8.60 Å². The standard InChI is InChI=1S/C16H32SeTe/c1-4-7-10-11-12-16(18-14-9-6-3)15-17-13-8-5-2/h15H,4-14H2,1-3H3/b16-15+. The second kappa shape index (κ2) is 16.1. The van der Waals surface area contributed by atoms with Crippen LogP contribution in [0.2, 0.25) is 9.79 Å². The predicted octanol–water partition coefficient (Wildman–Crippen LogP) is 5.64. The zero-order valence-corrected chi connectivity index (χ0v) is 16.7. The van der Waals surface area contributed by atoms with Crippen LogP contribution in [-0.2, 0) is 0 Å². The molecule has 0 aliphatic heterocycles. The maximum absolute atomic E-state index is 2.69. The van der Waals surface area contributed by atoms with Crippen LogP contribution >= 0.6 is 0 Å². The molecule has 18 heavy (non-hydrogen) atoms. The van der Waals surface area contributed by atoms with Crippen LogP contribution in [0.5, 0.6) is 0 Å². The van der Waals surface area contributed by atoms with Gasteiger partial charge in [-0.1, -0.05) is 0 Å². The van der Waals surface area contributed by atoms with Crippen LogP contribution in [0.1, 0.15) is 78.6 Å². The molecule has 0 aliphatic rings. The first-order valence-electron chi connectivity index (χ1n) is 7.78.